The van der Waals surface area contributed by atoms with Crippen LogP contribution < -0.4 is 10.3 Å². The highest BCUT2D eigenvalue weighted by molar-refractivity contribution is 7.90. The summed E-state index contributed by atoms with van der Waals surface area (Å²) in [5, 5.41) is -8.11. The fourth-order valence-corrected chi connectivity index (χ4v) is 3.95. The first-order valence-electron chi connectivity index (χ1n) is 10.2. The van der Waals surface area contributed by atoms with Crippen LogP contribution in [0.5, 0.6) is 0 Å². The molecule has 43 heavy (non-hydrogen) atoms. The molecule has 0 fully saturated rings. The highest BCUT2D eigenvalue weighted by atomic mass is 32.2. The molecule has 0 saturated carbocycles. The first kappa shape index (κ1) is 36.5. The zero-order valence-corrected chi connectivity index (χ0v) is 20.3. The molecule has 2 rings (SSSR count). The van der Waals surface area contributed by atoms with E-state index in [9.17, 15) is 91.8 Å². The number of rotatable bonds is 12. The highest BCUT2D eigenvalue weighted by Gasteiger charge is 2.86. The minimum absolute atomic E-state index is 0.100. The van der Waals surface area contributed by atoms with Crippen molar-refractivity contribution in [2.75, 3.05) is 0 Å². The van der Waals surface area contributed by atoms with Crippen molar-refractivity contribution in [1.82, 2.24) is 15.2 Å². The van der Waals surface area contributed by atoms with Crippen LogP contribution in [0.1, 0.15) is 11.7 Å². The fourth-order valence-electron chi connectivity index (χ4n) is 3.08. The van der Waals surface area contributed by atoms with Gasteiger partial charge in [0, 0.05) is 11.2 Å². The molecule has 0 amide bonds. The third-order valence-electron chi connectivity index (χ3n) is 5.52. The lowest BCUT2D eigenvalue weighted by Gasteiger charge is -2.39. The summed E-state index contributed by atoms with van der Waals surface area (Å²) in [6.45, 7) is 0. The summed E-state index contributed by atoms with van der Waals surface area (Å²) in [6, 6.07) is -0.458. The van der Waals surface area contributed by atoms with Gasteiger partial charge in [0.05, 0.1) is 0 Å². The van der Waals surface area contributed by atoms with E-state index in [1.165, 1.54) is 0 Å². The quantitative estimate of drug-likeness (QED) is 0.168. The van der Waals surface area contributed by atoms with Crippen LogP contribution >= 0.6 is 0 Å². The van der Waals surface area contributed by atoms with E-state index in [2.05, 4.69) is 0 Å². The molecular weight excluding hydrogens is 683 g/mol. The normalized spacial score (nSPS) is 16.3. The molecule has 0 aliphatic carbocycles. The molecule has 0 radical (unpaired) electrons. The van der Waals surface area contributed by atoms with E-state index >= 15 is 0 Å². The second-order valence-corrected chi connectivity index (χ2v) is 10.1. The summed E-state index contributed by atoms with van der Waals surface area (Å²) in [7, 11) is -7.95. The number of halogens is 19. The standard InChI is InChI=1S/C18H10F19N3O2S/c19-10(20)12(23,24)14(27,28)13(25,26)11(21,22)9(8-5-6-3-1-2-4-7(6)38-8)39-40-43(41,42)18(36,37)16(31,32)15(29,30)17(33,34)35/h1-5,9-10,38-40H. The number of aromatic amines is 1. The van der Waals surface area contributed by atoms with Crippen molar-refractivity contribution < 1.29 is 91.8 Å². The SMILES string of the molecule is O=S(=O)(NNC(c1cc2ccccc2[nH]1)C(F)(F)C(F)(F)C(F)(F)C(F)(F)C(F)F)C(F)(F)C(F)(F)C(F)(F)C(F)(F)F. The Morgan fingerprint density at radius 1 is 0.651 bits per heavy atom. The first-order chi connectivity index (χ1) is 18.9. The molecule has 3 N–H and O–H groups in total. The lowest BCUT2D eigenvalue weighted by Crippen LogP contribution is -2.69. The highest BCUT2D eigenvalue weighted by Crippen LogP contribution is 2.58. The molecule has 1 atom stereocenters. The maximum atomic E-state index is 14.9. The number of para-hydroxylation sites is 1. The Morgan fingerprint density at radius 2 is 1.12 bits per heavy atom. The predicted octanol–water partition coefficient (Wildman–Crippen LogP) is 6.87. The summed E-state index contributed by atoms with van der Waals surface area (Å²) >= 11 is 0. The maximum absolute atomic E-state index is 14.9. The van der Waals surface area contributed by atoms with Crippen LogP contribution in [0.25, 0.3) is 10.9 Å². The number of hydrazine groups is 1. The number of hydrogen-bond acceptors (Lipinski definition) is 3. The van der Waals surface area contributed by atoms with E-state index in [1.807, 2.05) is 0 Å². The number of aromatic nitrogens is 1. The average molecular weight is 693 g/mol. The minimum Gasteiger partial charge on any atom is -0.357 e. The van der Waals surface area contributed by atoms with Gasteiger partial charge in [0.2, 0.25) is 0 Å². The Balaban J connectivity index is 2.71. The van der Waals surface area contributed by atoms with Crippen molar-refractivity contribution in [2.45, 2.75) is 59.4 Å². The third kappa shape index (κ3) is 5.33. The summed E-state index contributed by atoms with van der Waals surface area (Å²) < 4.78 is 279. The Hall–Kier alpha value is -2.70. The van der Waals surface area contributed by atoms with E-state index in [1.54, 1.807) is 4.98 Å². The molecule has 0 aliphatic rings. The van der Waals surface area contributed by atoms with Crippen molar-refractivity contribution in [3.8, 4) is 0 Å². The Morgan fingerprint density at radius 3 is 1.56 bits per heavy atom. The molecule has 0 aliphatic heterocycles. The molecule has 0 spiro atoms. The van der Waals surface area contributed by atoms with Crippen LogP contribution in [-0.2, 0) is 10.0 Å². The van der Waals surface area contributed by atoms with Crippen LogP contribution in [0, 0.1) is 0 Å². The summed E-state index contributed by atoms with van der Waals surface area (Å²) in [6.07, 6.45) is -13.4. The summed E-state index contributed by atoms with van der Waals surface area (Å²) in [5.74, 6) is -45.8. The number of H-pyrrole nitrogens is 1. The molecule has 2 aromatic rings. The van der Waals surface area contributed by atoms with Gasteiger partial charge in [-0.1, -0.05) is 18.2 Å². The van der Waals surface area contributed by atoms with Gasteiger partial charge in [0.25, 0.3) is 10.0 Å². The van der Waals surface area contributed by atoms with E-state index in [-0.39, 0.29) is 16.3 Å². The third-order valence-corrected chi connectivity index (χ3v) is 6.84. The van der Waals surface area contributed by atoms with Crippen molar-refractivity contribution in [3.05, 3.63) is 36.0 Å². The van der Waals surface area contributed by atoms with Gasteiger partial charge < -0.3 is 4.98 Å². The van der Waals surface area contributed by atoms with Crippen molar-refractivity contribution in [1.29, 1.82) is 0 Å². The zero-order valence-electron chi connectivity index (χ0n) is 19.4. The Bertz CT molecular complexity index is 1380. The van der Waals surface area contributed by atoms with Crippen LogP contribution in [0.15, 0.2) is 30.3 Å². The smallest absolute Gasteiger partial charge is 0.357 e. The Labute approximate surface area is 224 Å². The van der Waals surface area contributed by atoms with Crippen LogP contribution in [0.3, 0.4) is 0 Å². The molecule has 1 heterocycles. The second-order valence-electron chi connectivity index (χ2n) is 8.35. The van der Waals surface area contributed by atoms with E-state index in [0.717, 1.165) is 24.3 Å². The van der Waals surface area contributed by atoms with Crippen LogP contribution in [-0.4, -0.2) is 66.8 Å². The number of fused-ring (bicyclic) bond motifs is 1. The molecule has 5 nitrogen and oxygen atoms in total. The summed E-state index contributed by atoms with van der Waals surface area (Å²) in [4.78, 5) is 1.28. The zero-order chi connectivity index (χ0) is 34.0. The second kappa shape index (κ2) is 10.4. The Kier molecular flexibility index (Phi) is 8.86. The molecule has 1 aromatic heterocycles. The van der Waals surface area contributed by atoms with Gasteiger partial charge in [-0.25, -0.2) is 22.6 Å². The van der Waals surface area contributed by atoms with Gasteiger partial charge in [0.15, 0.2) is 0 Å². The molecule has 1 unspecified atom stereocenters. The molecule has 248 valence electrons. The van der Waals surface area contributed by atoms with Gasteiger partial charge in [-0.05, 0) is 17.5 Å². The molecule has 0 saturated heterocycles. The fraction of sp³-hybridized carbons (Fsp3) is 0.556. The van der Waals surface area contributed by atoms with Gasteiger partial charge in [0.1, 0.15) is 6.04 Å². The van der Waals surface area contributed by atoms with Gasteiger partial charge in [-0.15, -0.1) is 4.83 Å². The largest absolute Gasteiger partial charge is 0.460 e. The van der Waals surface area contributed by atoms with Crippen molar-refractivity contribution in [2.24, 2.45) is 0 Å². The van der Waals surface area contributed by atoms with Gasteiger partial charge in [-0.2, -0.15) is 74.6 Å². The van der Waals surface area contributed by atoms with Crippen molar-refractivity contribution >= 4 is 20.9 Å². The lowest BCUT2D eigenvalue weighted by atomic mass is 9.92. The number of hydrogen-bond donors (Lipinski definition) is 3. The molecule has 25 heteroatoms. The summed E-state index contributed by atoms with van der Waals surface area (Å²) in [5.41, 5.74) is -2.18. The number of nitrogens with one attached hydrogen (secondary N) is 3. The first-order valence-corrected chi connectivity index (χ1v) is 11.7. The minimum atomic E-state index is -8.00. The topological polar surface area (TPSA) is 74.0 Å². The number of alkyl halides is 19. The van der Waals surface area contributed by atoms with E-state index < -0.39 is 86.1 Å². The number of sulfonamides is 1. The molecular formula is C18H10F19N3O2S. The molecule has 0 bridgehead atoms. The van der Waals surface area contributed by atoms with E-state index in [4.69, 9.17) is 0 Å². The monoisotopic (exact) mass is 693 g/mol. The lowest BCUT2D eigenvalue weighted by molar-refractivity contribution is -0.388. The van der Waals surface area contributed by atoms with Crippen LogP contribution in [0.2, 0.25) is 0 Å². The maximum Gasteiger partial charge on any atom is 0.460 e. The van der Waals surface area contributed by atoms with Crippen molar-refractivity contribution in [3.63, 3.8) is 0 Å². The predicted molar refractivity (Wildman–Crippen MR) is 103 cm³/mol. The van der Waals surface area contributed by atoms with Gasteiger partial charge >= 0.3 is 53.4 Å². The average Bonchev–Trinajstić information content (AvgIpc) is 3.25. The van der Waals surface area contributed by atoms with E-state index in [0.29, 0.717) is 0 Å². The molecule has 1 aromatic carbocycles. The number of benzene rings is 1. The van der Waals surface area contributed by atoms with Crippen LogP contribution in [0.4, 0.5) is 83.4 Å². The van der Waals surface area contributed by atoms with Gasteiger partial charge in [-0.3, -0.25) is 0 Å².